The Morgan fingerprint density at radius 2 is 2.14 bits per heavy atom. The topological polar surface area (TPSA) is 72.6 Å². The average molecular weight is 321 g/mol. The maximum absolute atomic E-state index is 12.1. The first-order valence-corrected chi connectivity index (χ1v) is 8.54. The molecule has 0 aromatic carbocycles. The van der Waals surface area contributed by atoms with Crippen molar-refractivity contribution in [3.05, 3.63) is 18.0 Å². The molecular formula is C14H19N5O2S. The van der Waals surface area contributed by atoms with Gasteiger partial charge in [-0.2, -0.15) is 16.3 Å². The lowest BCUT2D eigenvalue weighted by atomic mass is 10.2. The quantitative estimate of drug-likeness (QED) is 0.819. The number of carbonyl (C=O) groups is 1. The maximum atomic E-state index is 12.1. The molecule has 0 radical (unpaired) electrons. The first-order valence-electron chi connectivity index (χ1n) is 7.39. The lowest BCUT2D eigenvalue weighted by Gasteiger charge is -2.26. The standard InChI is InChI=1S/C14H19N5O2S/c1-21-13-6-5-12-16-15-11(19(12)17-13)3-2-4-14(20)18-7-9-22-10-8-18/h5-6H,2-4,7-10H2,1H3. The van der Waals surface area contributed by atoms with E-state index >= 15 is 0 Å². The zero-order chi connectivity index (χ0) is 15.4. The monoisotopic (exact) mass is 321 g/mol. The summed E-state index contributed by atoms with van der Waals surface area (Å²) in [5.41, 5.74) is 0.690. The van der Waals surface area contributed by atoms with Gasteiger partial charge in [-0.25, -0.2) is 0 Å². The van der Waals surface area contributed by atoms with E-state index in [1.807, 2.05) is 22.7 Å². The fourth-order valence-corrected chi connectivity index (χ4v) is 3.35. The summed E-state index contributed by atoms with van der Waals surface area (Å²) in [4.78, 5) is 14.1. The van der Waals surface area contributed by atoms with E-state index in [-0.39, 0.29) is 5.91 Å². The van der Waals surface area contributed by atoms with E-state index < -0.39 is 0 Å². The number of amides is 1. The highest BCUT2D eigenvalue weighted by atomic mass is 32.2. The molecule has 118 valence electrons. The summed E-state index contributed by atoms with van der Waals surface area (Å²) in [5.74, 6) is 3.61. The predicted molar refractivity (Wildman–Crippen MR) is 84.2 cm³/mol. The van der Waals surface area contributed by atoms with Crippen LogP contribution in [-0.4, -0.2) is 62.3 Å². The van der Waals surface area contributed by atoms with Gasteiger partial charge in [0.25, 0.3) is 0 Å². The molecule has 0 spiro atoms. The van der Waals surface area contributed by atoms with Crippen LogP contribution in [0.2, 0.25) is 0 Å². The van der Waals surface area contributed by atoms with E-state index in [9.17, 15) is 4.79 Å². The molecule has 0 aliphatic carbocycles. The number of aromatic nitrogens is 4. The number of fused-ring (bicyclic) bond motifs is 1. The molecular weight excluding hydrogens is 302 g/mol. The van der Waals surface area contributed by atoms with E-state index in [0.717, 1.165) is 36.8 Å². The molecule has 2 aromatic rings. The second kappa shape index (κ2) is 6.95. The average Bonchev–Trinajstić information content (AvgIpc) is 2.98. The van der Waals surface area contributed by atoms with Gasteiger partial charge in [0.15, 0.2) is 11.5 Å². The number of ether oxygens (including phenoxy) is 1. The summed E-state index contributed by atoms with van der Waals surface area (Å²) in [6, 6.07) is 3.57. The number of methoxy groups -OCH3 is 1. The molecule has 3 rings (SSSR count). The van der Waals surface area contributed by atoms with Crippen LogP contribution in [0.5, 0.6) is 5.88 Å². The fraction of sp³-hybridized carbons (Fsp3) is 0.571. The van der Waals surface area contributed by atoms with Gasteiger partial charge in [-0.15, -0.1) is 15.3 Å². The van der Waals surface area contributed by atoms with Crippen molar-refractivity contribution < 1.29 is 9.53 Å². The Hall–Kier alpha value is -1.83. The van der Waals surface area contributed by atoms with Crippen molar-refractivity contribution in [3.8, 4) is 5.88 Å². The molecule has 1 aliphatic heterocycles. The van der Waals surface area contributed by atoms with E-state index in [1.165, 1.54) is 0 Å². The smallest absolute Gasteiger partial charge is 0.231 e. The molecule has 1 aliphatic rings. The first kappa shape index (κ1) is 15.1. The number of carbonyl (C=O) groups excluding carboxylic acids is 1. The van der Waals surface area contributed by atoms with Crippen LogP contribution in [-0.2, 0) is 11.2 Å². The lowest BCUT2D eigenvalue weighted by molar-refractivity contribution is -0.130. The third-order valence-corrected chi connectivity index (χ3v) is 4.61. The number of hydrogen-bond donors (Lipinski definition) is 0. The Kier molecular flexibility index (Phi) is 4.77. The Morgan fingerprint density at radius 1 is 1.32 bits per heavy atom. The van der Waals surface area contributed by atoms with Gasteiger partial charge in [0.05, 0.1) is 7.11 Å². The van der Waals surface area contributed by atoms with Gasteiger partial charge in [0, 0.05) is 43.5 Å². The predicted octanol–water partition coefficient (Wildman–Crippen LogP) is 1.03. The molecule has 1 fully saturated rings. The van der Waals surface area contributed by atoms with Gasteiger partial charge in [-0.1, -0.05) is 0 Å². The highest BCUT2D eigenvalue weighted by Gasteiger charge is 2.16. The SMILES string of the molecule is COc1ccc2nnc(CCCC(=O)N3CCSCC3)n2n1. The number of aryl methyl sites for hydroxylation is 1. The normalized spacial score (nSPS) is 15.2. The van der Waals surface area contributed by atoms with Crippen LogP contribution >= 0.6 is 11.8 Å². The van der Waals surface area contributed by atoms with E-state index in [4.69, 9.17) is 4.74 Å². The van der Waals surface area contributed by atoms with Crippen LogP contribution in [0.3, 0.4) is 0 Å². The van der Waals surface area contributed by atoms with Crippen molar-refractivity contribution in [1.29, 1.82) is 0 Å². The number of nitrogens with zero attached hydrogens (tertiary/aromatic N) is 5. The molecule has 1 amide bonds. The third-order valence-electron chi connectivity index (χ3n) is 3.67. The molecule has 0 unspecified atom stereocenters. The molecule has 0 atom stereocenters. The second-order valence-corrected chi connectivity index (χ2v) is 6.33. The summed E-state index contributed by atoms with van der Waals surface area (Å²) in [7, 11) is 1.58. The summed E-state index contributed by atoms with van der Waals surface area (Å²) in [6.45, 7) is 1.74. The molecule has 0 bridgehead atoms. The van der Waals surface area contributed by atoms with Crippen molar-refractivity contribution in [2.45, 2.75) is 19.3 Å². The van der Waals surface area contributed by atoms with Crippen LogP contribution in [0.1, 0.15) is 18.7 Å². The summed E-state index contributed by atoms with van der Waals surface area (Å²) >= 11 is 1.91. The van der Waals surface area contributed by atoms with Gasteiger partial charge in [-0.05, 0) is 12.5 Å². The van der Waals surface area contributed by atoms with Crippen molar-refractivity contribution in [2.75, 3.05) is 31.7 Å². The Morgan fingerprint density at radius 3 is 2.91 bits per heavy atom. The zero-order valence-electron chi connectivity index (χ0n) is 12.6. The van der Waals surface area contributed by atoms with Crippen LogP contribution in [0, 0.1) is 0 Å². The van der Waals surface area contributed by atoms with Crippen LogP contribution in [0.25, 0.3) is 5.65 Å². The van der Waals surface area contributed by atoms with Gasteiger partial charge in [0.1, 0.15) is 0 Å². The van der Waals surface area contributed by atoms with Gasteiger partial charge < -0.3 is 9.64 Å². The molecule has 2 aromatic heterocycles. The summed E-state index contributed by atoms with van der Waals surface area (Å²) < 4.78 is 6.80. The van der Waals surface area contributed by atoms with Crippen molar-refractivity contribution in [3.63, 3.8) is 0 Å². The van der Waals surface area contributed by atoms with Crippen LogP contribution < -0.4 is 4.74 Å². The van der Waals surface area contributed by atoms with Gasteiger partial charge in [-0.3, -0.25) is 4.79 Å². The number of hydrogen-bond acceptors (Lipinski definition) is 6. The Labute approximate surface area is 133 Å². The third kappa shape index (κ3) is 3.32. The van der Waals surface area contributed by atoms with Gasteiger partial charge in [0.2, 0.25) is 11.8 Å². The highest BCUT2D eigenvalue weighted by molar-refractivity contribution is 7.99. The van der Waals surface area contributed by atoms with Crippen molar-refractivity contribution in [2.24, 2.45) is 0 Å². The fourth-order valence-electron chi connectivity index (χ4n) is 2.45. The summed E-state index contributed by atoms with van der Waals surface area (Å²) in [6.07, 6.45) is 1.97. The lowest BCUT2D eigenvalue weighted by Crippen LogP contribution is -2.37. The molecule has 0 saturated carbocycles. The largest absolute Gasteiger partial charge is 0.480 e. The second-order valence-electron chi connectivity index (χ2n) is 5.11. The molecule has 7 nitrogen and oxygen atoms in total. The van der Waals surface area contributed by atoms with Crippen molar-refractivity contribution in [1.82, 2.24) is 24.7 Å². The van der Waals surface area contributed by atoms with E-state index in [2.05, 4.69) is 15.3 Å². The molecule has 1 saturated heterocycles. The molecule has 8 heteroatoms. The van der Waals surface area contributed by atoms with E-state index in [1.54, 1.807) is 17.7 Å². The van der Waals surface area contributed by atoms with E-state index in [0.29, 0.717) is 24.4 Å². The highest BCUT2D eigenvalue weighted by Crippen LogP contribution is 2.13. The molecule has 3 heterocycles. The minimum atomic E-state index is 0.236. The minimum absolute atomic E-state index is 0.236. The maximum Gasteiger partial charge on any atom is 0.231 e. The number of thioether (sulfide) groups is 1. The number of rotatable bonds is 5. The van der Waals surface area contributed by atoms with Crippen molar-refractivity contribution >= 4 is 23.3 Å². The Bertz CT molecular complexity index is 654. The molecule has 22 heavy (non-hydrogen) atoms. The summed E-state index contributed by atoms with van der Waals surface area (Å²) in [5, 5.41) is 12.5. The van der Waals surface area contributed by atoms with Crippen LogP contribution in [0.4, 0.5) is 0 Å². The molecule has 0 N–H and O–H groups in total. The van der Waals surface area contributed by atoms with Gasteiger partial charge >= 0.3 is 0 Å². The zero-order valence-corrected chi connectivity index (χ0v) is 13.4. The minimum Gasteiger partial charge on any atom is -0.480 e. The Balaban J connectivity index is 1.58. The first-order chi connectivity index (χ1) is 10.8. The van der Waals surface area contributed by atoms with Crippen LogP contribution in [0.15, 0.2) is 12.1 Å².